The van der Waals surface area contributed by atoms with Crippen molar-refractivity contribution >= 4 is 52.9 Å². The van der Waals surface area contributed by atoms with Crippen molar-refractivity contribution in [3.8, 4) is 10.8 Å². The number of hydrogen-bond acceptors (Lipinski definition) is 4. The molecule has 3 aromatic rings. The molecule has 0 spiro atoms. The first-order valence-electron chi connectivity index (χ1n) is 8.87. The molecule has 0 aliphatic heterocycles. The fraction of sp³-hybridized carbons (Fsp3) is 0.300. The molecule has 0 radical (unpaired) electrons. The number of nitrogens with one attached hydrogen (secondary N) is 2. The van der Waals surface area contributed by atoms with Gasteiger partial charge in [0, 0.05) is 24.0 Å². The summed E-state index contributed by atoms with van der Waals surface area (Å²) in [6, 6.07) is 12.1. The molecule has 0 bridgehead atoms. The molecule has 1 saturated carbocycles. The lowest BCUT2D eigenvalue weighted by molar-refractivity contribution is 0.573. The topological polar surface area (TPSA) is 62.5 Å². The Morgan fingerprint density at radius 3 is 2.82 bits per heavy atom. The molecule has 8 heteroatoms. The van der Waals surface area contributed by atoms with E-state index in [4.69, 9.17) is 16.0 Å². The van der Waals surface area contributed by atoms with Gasteiger partial charge in [-0.2, -0.15) is 0 Å². The summed E-state index contributed by atoms with van der Waals surface area (Å²) in [5.74, 6) is 1.41. The summed E-state index contributed by atoms with van der Waals surface area (Å²) in [4.78, 5) is 9.86. The summed E-state index contributed by atoms with van der Waals surface area (Å²) < 4.78 is 5.55. The maximum absolute atomic E-state index is 6.15. The number of rotatable bonds is 6. The predicted octanol–water partition coefficient (Wildman–Crippen LogP) is 5.07. The fourth-order valence-electron chi connectivity index (χ4n) is 3.09. The van der Waals surface area contributed by atoms with Crippen LogP contribution in [0.2, 0.25) is 5.02 Å². The Morgan fingerprint density at radius 2 is 2.14 bits per heavy atom. The van der Waals surface area contributed by atoms with E-state index in [1.54, 1.807) is 24.6 Å². The van der Waals surface area contributed by atoms with Crippen LogP contribution in [0, 0.1) is 0 Å². The first kappa shape index (κ1) is 21.1. The molecule has 5 nitrogen and oxygen atoms in total. The number of benzene rings is 1. The standard InChI is InChI=1S/C20H21ClN4OS.HI/c1-22-19(23-11-16-12-26-18(25-16)17-6-3-9-27-17)24-13-20(7-8-20)14-4-2-5-15(21)10-14;/h2-6,9-10,12H,7-8,11,13H2,1H3,(H2,22,23,24);1H. The number of hydrogen-bond donors (Lipinski definition) is 2. The molecule has 148 valence electrons. The van der Waals surface area contributed by atoms with E-state index in [0.717, 1.165) is 40.9 Å². The van der Waals surface area contributed by atoms with E-state index in [-0.39, 0.29) is 29.4 Å². The average Bonchev–Trinajstić information content (AvgIpc) is 3.08. The zero-order valence-electron chi connectivity index (χ0n) is 15.4. The number of halogens is 2. The minimum absolute atomic E-state index is 0. The van der Waals surface area contributed by atoms with E-state index < -0.39 is 0 Å². The highest BCUT2D eigenvalue weighted by atomic mass is 127. The van der Waals surface area contributed by atoms with Gasteiger partial charge in [-0.15, -0.1) is 35.3 Å². The summed E-state index contributed by atoms with van der Waals surface area (Å²) in [5.41, 5.74) is 2.29. The van der Waals surface area contributed by atoms with Gasteiger partial charge in [0.15, 0.2) is 5.96 Å². The molecule has 1 fully saturated rings. The van der Waals surface area contributed by atoms with Crippen molar-refractivity contribution < 1.29 is 4.42 Å². The normalized spacial score (nSPS) is 15.0. The fourth-order valence-corrected chi connectivity index (χ4v) is 3.93. The van der Waals surface area contributed by atoms with Gasteiger partial charge in [-0.3, -0.25) is 4.99 Å². The Hall–Kier alpha value is -1.58. The van der Waals surface area contributed by atoms with Gasteiger partial charge < -0.3 is 15.1 Å². The van der Waals surface area contributed by atoms with E-state index in [1.165, 1.54) is 5.56 Å². The van der Waals surface area contributed by atoms with Gasteiger partial charge in [0.25, 0.3) is 0 Å². The molecular formula is C20H22ClIN4OS. The maximum Gasteiger partial charge on any atom is 0.236 e. The number of aromatic nitrogens is 1. The molecule has 0 amide bonds. The van der Waals surface area contributed by atoms with Gasteiger partial charge in [0.2, 0.25) is 5.89 Å². The quantitative estimate of drug-likeness (QED) is 0.266. The van der Waals surface area contributed by atoms with Gasteiger partial charge in [-0.05, 0) is 42.0 Å². The number of guanidine groups is 1. The van der Waals surface area contributed by atoms with Gasteiger partial charge in [-0.25, -0.2) is 4.98 Å². The number of thiophene rings is 1. The molecule has 1 aromatic carbocycles. The third-order valence-corrected chi connectivity index (χ3v) is 5.92. The van der Waals surface area contributed by atoms with Gasteiger partial charge in [0.05, 0.1) is 17.1 Å². The Bertz CT molecular complexity index is 937. The smallest absolute Gasteiger partial charge is 0.236 e. The molecule has 2 N–H and O–H groups in total. The molecule has 0 saturated heterocycles. The summed E-state index contributed by atoms with van der Waals surface area (Å²) in [7, 11) is 1.77. The first-order chi connectivity index (χ1) is 13.2. The van der Waals surface area contributed by atoms with Crippen LogP contribution in [0.5, 0.6) is 0 Å². The van der Waals surface area contributed by atoms with Crippen LogP contribution in [0.4, 0.5) is 0 Å². The van der Waals surface area contributed by atoms with E-state index in [9.17, 15) is 0 Å². The van der Waals surface area contributed by atoms with Gasteiger partial charge in [0.1, 0.15) is 6.26 Å². The van der Waals surface area contributed by atoms with Crippen molar-refractivity contribution in [1.82, 2.24) is 15.6 Å². The zero-order chi connectivity index (χ0) is 18.7. The highest BCUT2D eigenvalue weighted by Crippen LogP contribution is 2.48. The van der Waals surface area contributed by atoms with Crippen LogP contribution in [0.3, 0.4) is 0 Å². The van der Waals surface area contributed by atoms with Crippen LogP contribution in [0.1, 0.15) is 24.1 Å². The minimum atomic E-state index is 0. The number of nitrogens with zero attached hydrogens (tertiary/aromatic N) is 2. The van der Waals surface area contributed by atoms with Gasteiger partial charge >= 0.3 is 0 Å². The second-order valence-corrected chi connectivity index (χ2v) is 8.08. The van der Waals surface area contributed by atoms with Crippen molar-refractivity contribution in [1.29, 1.82) is 0 Å². The van der Waals surface area contributed by atoms with Crippen LogP contribution in [-0.4, -0.2) is 24.5 Å². The highest BCUT2D eigenvalue weighted by molar-refractivity contribution is 14.0. The minimum Gasteiger partial charge on any atom is -0.443 e. The maximum atomic E-state index is 6.15. The second-order valence-electron chi connectivity index (χ2n) is 6.69. The van der Waals surface area contributed by atoms with Crippen molar-refractivity contribution in [3.05, 3.63) is 64.3 Å². The third kappa shape index (κ3) is 4.87. The lowest BCUT2D eigenvalue weighted by Gasteiger charge is -2.19. The Kier molecular flexibility index (Phi) is 7.00. The Labute approximate surface area is 190 Å². The third-order valence-electron chi connectivity index (χ3n) is 4.83. The van der Waals surface area contributed by atoms with Crippen LogP contribution in [-0.2, 0) is 12.0 Å². The van der Waals surface area contributed by atoms with Crippen molar-refractivity contribution in [2.75, 3.05) is 13.6 Å². The van der Waals surface area contributed by atoms with E-state index >= 15 is 0 Å². The van der Waals surface area contributed by atoms with Crippen LogP contribution in [0.25, 0.3) is 10.8 Å². The molecule has 0 atom stereocenters. The molecule has 4 rings (SSSR count). The van der Waals surface area contributed by atoms with E-state index in [0.29, 0.717) is 12.4 Å². The highest BCUT2D eigenvalue weighted by Gasteiger charge is 2.44. The van der Waals surface area contributed by atoms with Gasteiger partial charge in [-0.1, -0.05) is 29.8 Å². The van der Waals surface area contributed by atoms with Crippen molar-refractivity contribution in [2.24, 2.45) is 4.99 Å². The average molecular weight is 529 g/mol. The molecular weight excluding hydrogens is 507 g/mol. The molecule has 28 heavy (non-hydrogen) atoms. The lowest BCUT2D eigenvalue weighted by Crippen LogP contribution is -2.40. The largest absolute Gasteiger partial charge is 0.443 e. The van der Waals surface area contributed by atoms with Crippen LogP contribution < -0.4 is 10.6 Å². The molecule has 1 aliphatic carbocycles. The SMILES string of the molecule is CN=C(NCc1coc(-c2cccs2)n1)NCC1(c2cccc(Cl)c2)CC1.I. The summed E-state index contributed by atoms with van der Waals surface area (Å²) in [5, 5.41) is 9.53. The summed E-state index contributed by atoms with van der Waals surface area (Å²) >= 11 is 7.77. The molecule has 2 aromatic heterocycles. The second kappa shape index (κ2) is 9.28. The summed E-state index contributed by atoms with van der Waals surface area (Å²) in [6.07, 6.45) is 4.00. The molecule has 0 unspecified atom stereocenters. The number of oxazole rings is 1. The number of aliphatic imine (C=N–C) groups is 1. The summed E-state index contributed by atoms with van der Waals surface area (Å²) in [6.45, 7) is 1.38. The van der Waals surface area contributed by atoms with E-state index in [2.05, 4.69) is 32.7 Å². The predicted molar refractivity (Wildman–Crippen MR) is 126 cm³/mol. The Morgan fingerprint density at radius 1 is 1.29 bits per heavy atom. The Balaban J connectivity index is 0.00000225. The lowest BCUT2D eigenvalue weighted by atomic mass is 9.96. The van der Waals surface area contributed by atoms with Crippen LogP contribution >= 0.6 is 46.9 Å². The van der Waals surface area contributed by atoms with Crippen molar-refractivity contribution in [3.63, 3.8) is 0 Å². The first-order valence-corrected chi connectivity index (χ1v) is 10.1. The van der Waals surface area contributed by atoms with E-state index in [1.807, 2.05) is 29.6 Å². The van der Waals surface area contributed by atoms with Crippen molar-refractivity contribution in [2.45, 2.75) is 24.8 Å². The molecule has 1 aliphatic rings. The molecule has 2 heterocycles. The zero-order valence-corrected chi connectivity index (χ0v) is 19.3. The monoisotopic (exact) mass is 528 g/mol. The van der Waals surface area contributed by atoms with Crippen LogP contribution in [0.15, 0.2) is 57.5 Å².